The van der Waals surface area contributed by atoms with Crippen LogP contribution in [0.15, 0.2) is 85.2 Å². The van der Waals surface area contributed by atoms with E-state index in [2.05, 4.69) is 28.3 Å². The van der Waals surface area contributed by atoms with Gasteiger partial charge >= 0.3 is 0 Å². The van der Waals surface area contributed by atoms with Crippen LogP contribution in [0.3, 0.4) is 0 Å². The summed E-state index contributed by atoms with van der Waals surface area (Å²) in [7, 11) is 3.24. The number of hydrogen-bond donors (Lipinski definition) is 1. The minimum absolute atomic E-state index is 0.106. The van der Waals surface area contributed by atoms with Gasteiger partial charge in [-0.3, -0.25) is 0 Å². The Labute approximate surface area is 217 Å². The summed E-state index contributed by atoms with van der Waals surface area (Å²) in [6, 6.07) is 25.2. The van der Waals surface area contributed by atoms with Crippen LogP contribution in [-0.4, -0.2) is 38.9 Å². The lowest BCUT2D eigenvalue weighted by molar-refractivity contribution is 0.354. The molecular weight excluding hydrogens is 480 g/mol. The fraction of sp³-hybridized carbons (Fsp3) is 0.100. The number of aromatic hydroxyl groups is 1. The maximum Gasteiger partial charge on any atom is 0.228 e. The van der Waals surface area contributed by atoms with Crippen LogP contribution < -0.4 is 14.2 Å². The minimum Gasteiger partial charge on any atom is -0.507 e. The first-order valence-corrected chi connectivity index (χ1v) is 12.1. The molecule has 1 aliphatic rings. The lowest BCUT2D eigenvalue weighted by Gasteiger charge is -2.29. The van der Waals surface area contributed by atoms with Crippen molar-refractivity contribution in [1.82, 2.24) is 19.6 Å². The largest absolute Gasteiger partial charge is 0.507 e. The smallest absolute Gasteiger partial charge is 0.228 e. The van der Waals surface area contributed by atoms with Crippen molar-refractivity contribution in [1.29, 1.82) is 0 Å². The van der Waals surface area contributed by atoms with Gasteiger partial charge in [-0.2, -0.15) is 0 Å². The highest BCUT2D eigenvalue weighted by molar-refractivity contribution is 5.91. The molecule has 1 aliphatic heterocycles. The Balaban J connectivity index is 1.54. The molecule has 0 saturated carbocycles. The van der Waals surface area contributed by atoms with Crippen molar-refractivity contribution >= 4 is 16.4 Å². The van der Waals surface area contributed by atoms with Crippen LogP contribution in [0.1, 0.15) is 22.6 Å². The minimum atomic E-state index is -0.294. The zero-order chi connectivity index (χ0) is 25.8. The molecule has 0 unspecified atom stereocenters. The van der Waals surface area contributed by atoms with E-state index in [0.717, 1.165) is 33.2 Å². The number of ether oxygens (including phenoxy) is 3. The fourth-order valence-electron chi connectivity index (χ4n) is 5.25. The second-order valence-electron chi connectivity index (χ2n) is 9.03. The summed E-state index contributed by atoms with van der Waals surface area (Å²) in [5.74, 6) is 2.66. The lowest BCUT2D eigenvalue weighted by atomic mass is 9.81. The third kappa shape index (κ3) is 3.27. The second-order valence-corrected chi connectivity index (χ2v) is 9.03. The maximum atomic E-state index is 10.5. The molecule has 3 heterocycles. The Bertz CT molecular complexity index is 1860. The van der Waals surface area contributed by atoms with E-state index in [9.17, 15) is 5.11 Å². The number of phenols is 1. The van der Waals surface area contributed by atoms with Crippen LogP contribution in [0.25, 0.3) is 27.8 Å². The van der Waals surface area contributed by atoms with Gasteiger partial charge < -0.3 is 19.3 Å². The number of nitrogens with zero attached hydrogens (tertiary/aromatic N) is 4. The molecule has 0 bridgehead atoms. The van der Waals surface area contributed by atoms with Crippen LogP contribution in [0.5, 0.6) is 28.9 Å². The average Bonchev–Trinajstić information content (AvgIpc) is 3.40. The molecular formula is C30H22N4O4. The van der Waals surface area contributed by atoms with E-state index in [0.29, 0.717) is 34.4 Å². The number of hydrogen-bond acceptors (Lipinski definition) is 7. The van der Waals surface area contributed by atoms with Gasteiger partial charge in [0.05, 0.1) is 25.3 Å². The second kappa shape index (κ2) is 8.48. The first kappa shape index (κ1) is 22.1. The summed E-state index contributed by atoms with van der Waals surface area (Å²) < 4.78 is 19.2. The monoisotopic (exact) mass is 502 g/mol. The predicted octanol–water partition coefficient (Wildman–Crippen LogP) is 5.95. The summed E-state index contributed by atoms with van der Waals surface area (Å²) in [5, 5.41) is 17.3. The molecule has 0 aliphatic carbocycles. The number of methoxy groups -OCH3 is 2. The third-order valence-electron chi connectivity index (χ3n) is 6.99. The Morgan fingerprint density at radius 3 is 2.53 bits per heavy atom. The standard InChI is InChI=1S/C30H22N4O4/c1-36-22-13-12-18(15-24(22)37-2)25-26-19-8-4-3-7-17(19)11-14-23(26)38-30-27(25)29-32-28(33-34(29)16-31-30)20-9-5-6-10-21(20)35/h3-16,25,35H,1-2H3/t25-/m0/s1. The SMILES string of the molecule is COc1ccc([C@H]2c3c(ccc4ccccc34)Oc3ncn4nc(-c5ccccc5O)nc4c32)cc1OC. The van der Waals surface area contributed by atoms with E-state index in [1.54, 1.807) is 43.3 Å². The molecule has 8 nitrogen and oxygen atoms in total. The molecule has 8 heteroatoms. The van der Waals surface area contributed by atoms with Gasteiger partial charge in [-0.05, 0) is 46.7 Å². The van der Waals surface area contributed by atoms with E-state index in [4.69, 9.17) is 19.2 Å². The van der Waals surface area contributed by atoms with Gasteiger partial charge in [0.2, 0.25) is 5.88 Å². The van der Waals surface area contributed by atoms with Gasteiger partial charge in [-0.1, -0.05) is 48.5 Å². The molecule has 6 aromatic rings. The summed E-state index contributed by atoms with van der Waals surface area (Å²) in [6.45, 7) is 0. The van der Waals surface area contributed by atoms with Crippen molar-refractivity contribution in [2.75, 3.05) is 14.2 Å². The summed E-state index contributed by atoms with van der Waals surface area (Å²) in [4.78, 5) is 9.51. The quantitative estimate of drug-likeness (QED) is 0.318. The molecule has 4 aromatic carbocycles. The van der Waals surface area contributed by atoms with Crippen molar-refractivity contribution in [3.05, 3.63) is 102 Å². The van der Waals surface area contributed by atoms with Gasteiger partial charge in [0.25, 0.3) is 0 Å². The van der Waals surface area contributed by atoms with Gasteiger partial charge in [-0.25, -0.2) is 14.5 Å². The molecule has 0 amide bonds. The van der Waals surface area contributed by atoms with Crippen LogP contribution in [0.4, 0.5) is 0 Å². The van der Waals surface area contributed by atoms with Crippen LogP contribution in [-0.2, 0) is 0 Å². The molecule has 2 aromatic heterocycles. The first-order chi connectivity index (χ1) is 18.7. The number of aromatic nitrogens is 4. The molecule has 7 rings (SSSR count). The van der Waals surface area contributed by atoms with Crippen LogP contribution in [0.2, 0.25) is 0 Å². The highest BCUT2D eigenvalue weighted by Crippen LogP contribution is 2.51. The summed E-state index contributed by atoms with van der Waals surface area (Å²) in [5.41, 5.74) is 3.87. The highest BCUT2D eigenvalue weighted by Gasteiger charge is 2.35. The van der Waals surface area contributed by atoms with Gasteiger partial charge in [0.15, 0.2) is 23.0 Å². The number of benzene rings is 4. The van der Waals surface area contributed by atoms with Gasteiger partial charge in [-0.15, -0.1) is 5.10 Å². The van der Waals surface area contributed by atoms with Gasteiger partial charge in [0.1, 0.15) is 17.8 Å². The first-order valence-electron chi connectivity index (χ1n) is 12.1. The molecule has 0 saturated heterocycles. The molecule has 186 valence electrons. The average molecular weight is 503 g/mol. The molecule has 1 atom stereocenters. The van der Waals surface area contributed by atoms with E-state index in [-0.39, 0.29) is 11.7 Å². The Morgan fingerprint density at radius 1 is 0.868 bits per heavy atom. The Morgan fingerprint density at radius 2 is 1.68 bits per heavy atom. The van der Waals surface area contributed by atoms with Crippen molar-refractivity contribution < 1.29 is 19.3 Å². The van der Waals surface area contributed by atoms with Crippen molar-refractivity contribution in [2.24, 2.45) is 0 Å². The Hall–Kier alpha value is -5.11. The van der Waals surface area contributed by atoms with Crippen molar-refractivity contribution in [2.45, 2.75) is 5.92 Å². The third-order valence-corrected chi connectivity index (χ3v) is 6.99. The maximum absolute atomic E-state index is 10.5. The van der Waals surface area contributed by atoms with Crippen molar-refractivity contribution in [3.8, 4) is 40.3 Å². The topological polar surface area (TPSA) is 91.0 Å². The van der Waals surface area contributed by atoms with E-state index in [1.807, 2.05) is 42.5 Å². The molecule has 0 radical (unpaired) electrons. The number of rotatable bonds is 4. The lowest BCUT2D eigenvalue weighted by Crippen LogP contribution is -2.15. The zero-order valence-corrected chi connectivity index (χ0v) is 20.6. The number of fused-ring (bicyclic) bond motifs is 6. The number of phenolic OH excluding ortho intramolecular Hbond substituents is 1. The van der Waals surface area contributed by atoms with E-state index in [1.165, 1.54) is 0 Å². The number of para-hydroxylation sites is 1. The fourth-order valence-corrected chi connectivity index (χ4v) is 5.25. The highest BCUT2D eigenvalue weighted by atomic mass is 16.5. The normalized spacial score (nSPS) is 14.1. The molecule has 0 fully saturated rings. The van der Waals surface area contributed by atoms with E-state index < -0.39 is 0 Å². The van der Waals surface area contributed by atoms with Crippen molar-refractivity contribution in [3.63, 3.8) is 0 Å². The van der Waals surface area contributed by atoms with Gasteiger partial charge in [0, 0.05) is 11.5 Å². The summed E-state index contributed by atoms with van der Waals surface area (Å²) in [6.07, 6.45) is 1.59. The molecule has 38 heavy (non-hydrogen) atoms. The Kier molecular flexibility index (Phi) is 4.94. The van der Waals surface area contributed by atoms with Crippen LogP contribution >= 0.6 is 0 Å². The molecule has 1 N–H and O–H groups in total. The van der Waals surface area contributed by atoms with Crippen LogP contribution in [0, 0.1) is 0 Å². The molecule has 0 spiro atoms. The van der Waals surface area contributed by atoms with E-state index >= 15 is 0 Å². The summed E-state index contributed by atoms with van der Waals surface area (Å²) >= 11 is 0. The zero-order valence-electron chi connectivity index (χ0n) is 20.6. The predicted molar refractivity (Wildman–Crippen MR) is 142 cm³/mol.